The van der Waals surface area contributed by atoms with E-state index in [1.54, 1.807) is 24.3 Å². The molecule has 0 aliphatic rings. The SMILES string of the molecule is C/C=C/c1ccc(Cl)c(C#N)c1O. The molecule has 13 heavy (non-hydrogen) atoms. The van der Waals surface area contributed by atoms with Crippen molar-refractivity contribution in [2.24, 2.45) is 0 Å². The predicted molar refractivity (Wildman–Crippen MR) is 52.5 cm³/mol. The first kappa shape index (κ1) is 9.63. The first-order chi connectivity index (χ1) is 6.20. The molecule has 1 aromatic rings. The Hall–Kier alpha value is -1.46. The van der Waals surface area contributed by atoms with Crippen molar-refractivity contribution in [2.75, 3.05) is 0 Å². The normalized spacial score (nSPS) is 10.2. The molecule has 0 aliphatic heterocycles. The van der Waals surface area contributed by atoms with E-state index in [-0.39, 0.29) is 16.3 Å². The molecule has 0 fully saturated rings. The van der Waals surface area contributed by atoms with Crippen LogP contribution >= 0.6 is 11.6 Å². The second kappa shape index (κ2) is 3.97. The van der Waals surface area contributed by atoms with Crippen molar-refractivity contribution in [1.29, 1.82) is 5.26 Å². The Kier molecular flexibility index (Phi) is 2.94. The molecule has 0 heterocycles. The van der Waals surface area contributed by atoms with Crippen LogP contribution in [-0.4, -0.2) is 5.11 Å². The highest BCUT2D eigenvalue weighted by Crippen LogP contribution is 2.29. The maximum absolute atomic E-state index is 9.54. The first-order valence-electron chi connectivity index (χ1n) is 3.75. The summed E-state index contributed by atoms with van der Waals surface area (Å²) in [5.74, 6) is -0.0619. The van der Waals surface area contributed by atoms with E-state index in [0.717, 1.165) is 0 Å². The van der Waals surface area contributed by atoms with Gasteiger partial charge in [0.15, 0.2) is 0 Å². The van der Waals surface area contributed by atoms with Crippen molar-refractivity contribution in [1.82, 2.24) is 0 Å². The van der Waals surface area contributed by atoms with Gasteiger partial charge in [-0.05, 0) is 19.1 Å². The average molecular weight is 194 g/mol. The van der Waals surface area contributed by atoms with Gasteiger partial charge in [0.2, 0.25) is 0 Å². The van der Waals surface area contributed by atoms with Crippen molar-refractivity contribution in [3.05, 3.63) is 34.4 Å². The summed E-state index contributed by atoms with van der Waals surface area (Å²) in [6, 6.07) is 5.10. The van der Waals surface area contributed by atoms with Crippen molar-refractivity contribution >= 4 is 17.7 Å². The number of nitriles is 1. The van der Waals surface area contributed by atoms with E-state index in [4.69, 9.17) is 16.9 Å². The van der Waals surface area contributed by atoms with Gasteiger partial charge in [-0.15, -0.1) is 0 Å². The van der Waals surface area contributed by atoms with Crippen LogP contribution < -0.4 is 0 Å². The summed E-state index contributed by atoms with van der Waals surface area (Å²) in [5, 5.41) is 18.5. The Labute approximate surface area is 81.7 Å². The standard InChI is InChI=1S/C10H8ClNO/c1-2-3-7-4-5-9(11)8(6-12)10(7)13/h2-5,13H,1H3/b3-2+. The number of phenolic OH excluding ortho intramolecular Hbond substituents is 1. The zero-order valence-corrected chi connectivity index (χ0v) is 7.84. The van der Waals surface area contributed by atoms with Crippen molar-refractivity contribution in [3.8, 4) is 11.8 Å². The van der Waals surface area contributed by atoms with E-state index in [0.29, 0.717) is 5.56 Å². The van der Waals surface area contributed by atoms with Gasteiger partial charge < -0.3 is 5.11 Å². The number of benzene rings is 1. The van der Waals surface area contributed by atoms with Crippen molar-refractivity contribution < 1.29 is 5.11 Å². The Balaban J connectivity index is 3.38. The fourth-order valence-corrected chi connectivity index (χ4v) is 1.20. The number of nitrogens with zero attached hydrogens (tertiary/aromatic N) is 1. The Bertz CT molecular complexity index is 391. The third-order valence-corrected chi connectivity index (χ3v) is 1.93. The fraction of sp³-hybridized carbons (Fsp3) is 0.100. The third-order valence-electron chi connectivity index (χ3n) is 1.62. The number of allylic oxidation sites excluding steroid dienone is 1. The van der Waals surface area contributed by atoms with Crippen LogP contribution in [-0.2, 0) is 0 Å². The Morgan fingerprint density at radius 3 is 2.77 bits per heavy atom. The molecule has 66 valence electrons. The first-order valence-corrected chi connectivity index (χ1v) is 4.12. The van der Waals surface area contributed by atoms with Crippen LogP contribution in [0.2, 0.25) is 5.02 Å². The molecule has 0 atom stereocenters. The monoisotopic (exact) mass is 193 g/mol. The molecule has 1 N–H and O–H groups in total. The summed E-state index contributed by atoms with van der Waals surface area (Å²) in [5.41, 5.74) is 0.723. The average Bonchev–Trinajstić information content (AvgIpc) is 2.11. The minimum Gasteiger partial charge on any atom is -0.506 e. The van der Waals surface area contributed by atoms with E-state index in [2.05, 4.69) is 0 Å². The molecule has 0 saturated carbocycles. The third kappa shape index (κ3) is 1.82. The number of hydrogen-bond acceptors (Lipinski definition) is 2. The van der Waals surface area contributed by atoms with Gasteiger partial charge in [0.25, 0.3) is 0 Å². The molecule has 0 radical (unpaired) electrons. The van der Waals surface area contributed by atoms with Gasteiger partial charge in [-0.3, -0.25) is 0 Å². The molecular weight excluding hydrogens is 186 g/mol. The quantitative estimate of drug-likeness (QED) is 0.745. The number of halogens is 1. The highest BCUT2D eigenvalue weighted by molar-refractivity contribution is 6.32. The molecule has 1 aromatic carbocycles. The Morgan fingerprint density at radius 1 is 1.54 bits per heavy atom. The van der Waals surface area contributed by atoms with Crippen molar-refractivity contribution in [3.63, 3.8) is 0 Å². The molecule has 2 nitrogen and oxygen atoms in total. The summed E-state index contributed by atoms with van der Waals surface area (Å²) < 4.78 is 0. The topological polar surface area (TPSA) is 44.0 Å². The summed E-state index contributed by atoms with van der Waals surface area (Å²) in [4.78, 5) is 0. The Morgan fingerprint density at radius 2 is 2.23 bits per heavy atom. The maximum atomic E-state index is 9.54. The maximum Gasteiger partial charge on any atom is 0.142 e. The van der Waals surface area contributed by atoms with Crippen LogP contribution in [0.25, 0.3) is 6.08 Å². The van der Waals surface area contributed by atoms with Crippen LogP contribution in [0, 0.1) is 11.3 Å². The molecule has 0 aromatic heterocycles. The van der Waals surface area contributed by atoms with Crippen LogP contribution in [0.4, 0.5) is 0 Å². The number of aromatic hydroxyl groups is 1. The zero-order valence-electron chi connectivity index (χ0n) is 7.08. The molecule has 3 heteroatoms. The van der Waals surface area contributed by atoms with Crippen LogP contribution in [0.5, 0.6) is 5.75 Å². The van der Waals surface area contributed by atoms with Gasteiger partial charge in [0.05, 0.1) is 5.02 Å². The van der Waals surface area contributed by atoms with E-state index >= 15 is 0 Å². The summed E-state index contributed by atoms with van der Waals surface area (Å²) >= 11 is 5.70. The predicted octanol–water partition coefficient (Wildman–Crippen LogP) is 2.95. The summed E-state index contributed by atoms with van der Waals surface area (Å²) in [6.45, 7) is 1.83. The lowest BCUT2D eigenvalue weighted by molar-refractivity contribution is 0.472. The second-order valence-electron chi connectivity index (χ2n) is 2.47. The smallest absolute Gasteiger partial charge is 0.142 e. The van der Waals surface area contributed by atoms with Crippen LogP contribution in [0.1, 0.15) is 18.1 Å². The number of hydrogen-bond donors (Lipinski definition) is 1. The molecule has 0 spiro atoms. The van der Waals surface area contributed by atoms with Gasteiger partial charge in [-0.25, -0.2) is 0 Å². The minimum absolute atomic E-state index is 0.0619. The largest absolute Gasteiger partial charge is 0.506 e. The molecule has 0 unspecified atom stereocenters. The van der Waals surface area contributed by atoms with E-state index in [9.17, 15) is 5.11 Å². The van der Waals surface area contributed by atoms with Gasteiger partial charge in [-0.2, -0.15) is 5.26 Å². The van der Waals surface area contributed by atoms with Crippen molar-refractivity contribution in [2.45, 2.75) is 6.92 Å². The summed E-state index contributed by atoms with van der Waals surface area (Å²) in [6.07, 6.45) is 3.50. The highest BCUT2D eigenvalue weighted by Gasteiger charge is 2.08. The minimum atomic E-state index is -0.0619. The van der Waals surface area contributed by atoms with Crippen LogP contribution in [0.3, 0.4) is 0 Å². The van der Waals surface area contributed by atoms with E-state index in [1.807, 2.05) is 13.0 Å². The lowest BCUT2D eigenvalue weighted by atomic mass is 10.1. The van der Waals surface area contributed by atoms with Gasteiger partial charge in [-0.1, -0.05) is 23.8 Å². The van der Waals surface area contributed by atoms with E-state index < -0.39 is 0 Å². The zero-order chi connectivity index (χ0) is 9.84. The fourth-order valence-electron chi connectivity index (χ4n) is 1.00. The lowest BCUT2D eigenvalue weighted by Gasteiger charge is -2.02. The molecular formula is C10H8ClNO. The van der Waals surface area contributed by atoms with Gasteiger partial charge in [0.1, 0.15) is 17.4 Å². The number of rotatable bonds is 1. The van der Waals surface area contributed by atoms with Gasteiger partial charge in [0, 0.05) is 5.56 Å². The molecule has 1 rings (SSSR count). The van der Waals surface area contributed by atoms with E-state index in [1.165, 1.54) is 0 Å². The molecule has 0 saturated heterocycles. The highest BCUT2D eigenvalue weighted by atomic mass is 35.5. The lowest BCUT2D eigenvalue weighted by Crippen LogP contribution is -1.82. The van der Waals surface area contributed by atoms with Gasteiger partial charge >= 0.3 is 0 Å². The second-order valence-corrected chi connectivity index (χ2v) is 2.88. The number of phenols is 1. The molecule has 0 amide bonds. The summed E-state index contributed by atoms with van der Waals surface area (Å²) in [7, 11) is 0. The van der Waals surface area contributed by atoms with Crippen LogP contribution in [0.15, 0.2) is 18.2 Å². The molecule has 0 aliphatic carbocycles. The molecule has 0 bridgehead atoms.